The van der Waals surface area contributed by atoms with Crippen molar-refractivity contribution in [3.63, 3.8) is 0 Å². The van der Waals surface area contributed by atoms with E-state index in [2.05, 4.69) is 13.8 Å². The molecule has 0 atom stereocenters. The first-order chi connectivity index (χ1) is 3.33. The van der Waals surface area contributed by atoms with Gasteiger partial charge in [-0.15, -0.1) is 0 Å². The van der Waals surface area contributed by atoms with Crippen molar-refractivity contribution in [1.29, 1.82) is 5.41 Å². The second-order valence-corrected chi connectivity index (χ2v) is 1.32. The summed E-state index contributed by atoms with van der Waals surface area (Å²) in [6.07, 6.45) is 3.49. The van der Waals surface area contributed by atoms with Gasteiger partial charge >= 0.3 is 0 Å². The molecule has 0 aromatic rings. The highest BCUT2D eigenvalue weighted by molar-refractivity contribution is 5.51. The summed E-state index contributed by atoms with van der Waals surface area (Å²) in [4.78, 5) is 0. The molecule has 0 saturated carbocycles. The monoisotopic (exact) mass is 101 g/mol. The second-order valence-electron chi connectivity index (χ2n) is 1.32. The fourth-order valence-corrected chi connectivity index (χ4v) is 0. The third-order valence-electron chi connectivity index (χ3n) is 0.204. The lowest BCUT2D eigenvalue weighted by Gasteiger charge is -1.56. The molecule has 0 aromatic carbocycles. The van der Waals surface area contributed by atoms with Gasteiger partial charge in [0.2, 0.25) is 0 Å². The highest BCUT2D eigenvalue weighted by Crippen LogP contribution is 1.56. The molecule has 0 radical (unpaired) electrons. The molecule has 1 nitrogen and oxygen atoms in total. The van der Waals surface area contributed by atoms with Crippen LogP contribution in [0.25, 0.3) is 0 Å². The summed E-state index contributed by atoms with van der Waals surface area (Å²) >= 11 is 0. The minimum Gasteiger partial charge on any atom is -0.313 e. The van der Waals surface area contributed by atoms with Crippen LogP contribution in [-0.4, -0.2) is 6.21 Å². The third kappa shape index (κ3) is 170. The zero-order valence-corrected chi connectivity index (χ0v) is 5.49. The van der Waals surface area contributed by atoms with Gasteiger partial charge in [0, 0.05) is 0 Å². The van der Waals surface area contributed by atoms with E-state index in [-0.39, 0.29) is 0 Å². The Morgan fingerprint density at radius 1 is 1.29 bits per heavy atom. The minimum absolute atomic E-state index is 0.861. The van der Waals surface area contributed by atoms with Crippen LogP contribution in [0.15, 0.2) is 0 Å². The summed E-state index contributed by atoms with van der Waals surface area (Å²) in [5.41, 5.74) is 0. The minimum atomic E-state index is 0.861. The molecule has 44 valence electrons. The van der Waals surface area contributed by atoms with Crippen molar-refractivity contribution in [1.82, 2.24) is 0 Å². The number of nitrogens with one attached hydrogen (secondary N) is 1. The summed E-state index contributed by atoms with van der Waals surface area (Å²) in [6, 6.07) is 0. The zero-order chi connectivity index (χ0) is 6.12. The molecule has 0 spiro atoms. The highest BCUT2D eigenvalue weighted by Gasteiger charge is 1.47. The van der Waals surface area contributed by atoms with Gasteiger partial charge < -0.3 is 5.41 Å². The van der Waals surface area contributed by atoms with Crippen molar-refractivity contribution in [2.75, 3.05) is 0 Å². The largest absolute Gasteiger partial charge is 0.313 e. The van der Waals surface area contributed by atoms with Gasteiger partial charge in [-0.3, -0.25) is 0 Å². The van der Waals surface area contributed by atoms with Crippen LogP contribution in [0.2, 0.25) is 0 Å². The molecule has 1 heteroatoms. The molecule has 1 N–H and O–H groups in total. The van der Waals surface area contributed by atoms with E-state index in [4.69, 9.17) is 5.41 Å². The zero-order valence-electron chi connectivity index (χ0n) is 5.49. The van der Waals surface area contributed by atoms with Crippen molar-refractivity contribution < 1.29 is 0 Å². The van der Waals surface area contributed by atoms with E-state index in [9.17, 15) is 0 Å². The van der Waals surface area contributed by atoms with Crippen molar-refractivity contribution in [2.24, 2.45) is 0 Å². The summed E-state index contributed by atoms with van der Waals surface area (Å²) in [6.45, 7) is 6.19. The van der Waals surface area contributed by atoms with Gasteiger partial charge in [-0.05, 0) is 12.6 Å². The standard InChI is InChI=1S/C3H7N.C3H8/c1-2-3-4;1-3-2/h3-4H,2H2,1H3;3H2,1-2H3. The Balaban J connectivity index is 0. The van der Waals surface area contributed by atoms with Gasteiger partial charge in [0.05, 0.1) is 0 Å². The van der Waals surface area contributed by atoms with Crippen LogP contribution in [0.5, 0.6) is 0 Å². The van der Waals surface area contributed by atoms with E-state index >= 15 is 0 Å². The molecular weight excluding hydrogens is 86.1 g/mol. The van der Waals surface area contributed by atoms with E-state index in [1.165, 1.54) is 12.6 Å². The average molecular weight is 101 g/mol. The SMILES string of the molecule is CCC.CCC=N. The van der Waals surface area contributed by atoms with E-state index in [1.807, 2.05) is 6.92 Å². The second kappa shape index (κ2) is 17.3. The molecule has 0 aliphatic heterocycles. The molecule has 0 amide bonds. The van der Waals surface area contributed by atoms with E-state index in [0.717, 1.165) is 6.42 Å². The predicted molar refractivity (Wildman–Crippen MR) is 35.0 cm³/mol. The van der Waals surface area contributed by atoms with E-state index < -0.39 is 0 Å². The van der Waals surface area contributed by atoms with Gasteiger partial charge in [0.1, 0.15) is 0 Å². The van der Waals surface area contributed by atoms with Crippen LogP contribution in [0.4, 0.5) is 0 Å². The maximum absolute atomic E-state index is 6.33. The number of hydrogen-bond donors (Lipinski definition) is 1. The van der Waals surface area contributed by atoms with Crippen LogP contribution in [0.3, 0.4) is 0 Å². The molecule has 0 heterocycles. The van der Waals surface area contributed by atoms with Gasteiger partial charge in [-0.2, -0.15) is 0 Å². The average Bonchev–Trinajstić information content (AvgIpc) is 1.69. The van der Waals surface area contributed by atoms with Crippen LogP contribution in [0, 0.1) is 5.41 Å². The molecule has 0 rings (SSSR count). The molecule has 0 aromatic heterocycles. The lowest BCUT2D eigenvalue weighted by molar-refractivity contribution is 1.09. The smallest absolute Gasteiger partial charge is 0.00505 e. The fourth-order valence-electron chi connectivity index (χ4n) is 0. The van der Waals surface area contributed by atoms with Crippen molar-refractivity contribution in [3.05, 3.63) is 0 Å². The Morgan fingerprint density at radius 2 is 1.43 bits per heavy atom. The third-order valence-corrected chi connectivity index (χ3v) is 0.204. The Morgan fingerprint density at radius 3 is 1.43 bits per heavy atom. The maximum Gasteiger partial charge on any atom is -0.00505 e. The summed E-state index contributed by atoms with van der Waals surface area (Å²) < 4.78 is 0. The molecule has 0 bridgehead atoms. The predicted octanol–water partition coefficient (Wildman–Crippen LogP) is 2.46. The number of rotatable bonds is 1. The van der Waals surface area contributed by atoms with Crippen molar-refractivity contribution >= 4 is 6.21 Å². The van der Waals surface area contributed by atoms with Gasteiger partial charge in [-0.25, -0.2) is 0 Å². The Hall–Kier alpha value is -0.330. The molecule has 0 saturated heterocycles. The molecular formula is C6H15N. The van der Waals surface area contributed by atoms with E-state index in [0.29, 0.717) is 0 Å². The van der Waals surface area contributed by atoms with Gasteiger partial charge in [0.25, 0.3) is 0 Å². The Kier molecular flexibility index (Phi) is 24.4. The van der Waals surface area contributed by atoms with Crippen LogP contribution in [-0.2, 0) is 0 Å². The van der Waals surface area contributed by atoms with Crippen LogP contribution >= 0.6 is 0 Å². The summed E-state index contributed by atoms with van der Waals surface area (Å²) in [5, 5.41) is 6.33. The van der Waals surface area contributed by atoms with Gasteiger partial charge in [0.15, 0.2) is 0 Å². The Bertz CT molecular complexity index is 25.4. The summed E-state index contributed by atoms with van der Waals surface area (Å²) in [5.74, 6) is 0. The van der Waals surface area contributed by atoms with Crippen LogP contribution in [0.1, 0.15) is 33.6 Å². The van der Waals surface area contributed by atoms with Crippen LogP contribution < -0.4 is 0 Å². The first kappa shape index (κ1) is 9.83. The lowest BCUT2D eigenvalue weighted by atomic mass is 10.6. The fraction of sp³-hybridized carbons (Fsp3) is 0.833. The number of hydrogen-bond acceptors (Lipinski definition) is 1. The molecule has 7 heavy (non-hydrogen) atoms. The Labute approximate surface area is 46.3 Å². The van der Waals surface area contributed by atoms with Gasteiger partial charge in [-0.1, -0.05) is 27.2 Å². The van der Waals surface area contributed by atoms with Crippen molar-refractivity contribution in [3.8, 4) is 0 Å². The van der Waals surface area contributed by atoms with E-state index in [1.54, 1.807) is 0 Å². The molecule has 0 unspecified atom stereocenters. The lowest BCUT2D eigenvalue weighted by Crippen LogP contribution is -1.52. The first-order valence-corrected chi connectivity index (χ1v) is 2.82. The molecule has 0 fully saturated rings. The topological polar surface area (TPSA) is 23.9 Å². The molecule has 0 aliphatic carbocycles. The quantitative estimate of drug-likeness (QED) is 0.490. The normalized spacial score (nSPS) is 6.14. The first-order valence-electron chi connectivity index (χ1n) is 2.82. The van der Waals surface area contributed by atoms with Crippen molar-refractivity contribution in [2.45, 2.75) is 33.6 Å². The molecule has 0 aliphatic rings. The highest BCUT2D eigenvalue weighted by atomic mass is 14.3. The summed E-state index contributed by atoms with van der Waals surface area (Å²) in [7, 11) is 0. The maximum atomic E-state index is 6.33.